The quantitative estimate of drug-likeness (QED) is 0.435. The van der Waals surface area contributed by atoms with Gasteiger partial charge in [0.2, 0.25) is 0 Å². The fraction of sp³-hybridized carbons (Fsp3) is 0.536. The number of carbonyl (C=O) groups is 2. The van der Waals surface area contributed by atoms with Crippen molar-refractivity contribution in [1.29, 1.82) is 0 Å². The second-order valence-electron chi connectivity index (χ2n) is 10.0. The molecule has 3 aliphatic carbocycles. The maximum atomic E-state index is 12.5. The molecule has 0 unspecified atom stereocenters. The molecule has 1 aromatic carbocycles. The van der Waals surface area contributed by atoms with Gasteiger partial charge in [0.25, 0.3) is 0 Å². The summed E-state index contributed by atoms with van der Waals surface area (Å²) in [6.45, 7) is 1.48. The van der Waals surface area contributed by atoms with Crippen LogP contribution in [0.5, 0.6) is 5.75 Å². The molecule has 3 aliphatic rings. The zero-order chi connectivity index (χ0) is 22.1. The van der Waals surface area contributed by atoms with E-state index in [-0.39, 0.29) is 11.9 Å². The lowest BCUT2D eigenvalue weighted by Crippen LogP contribution is -2.39. The van der Waals surface area contributed by atoms with Gasteiger partial charge >= 0.3 is 5.97 Å². The number of pyridine rings is 1. The van der Waals surface area contributed by atoms with Gasteiger partial charge in [-0.1, -0.05) is 25.0 Å². The lowest BCUT2D eigenvalue weighted by molar-refractivity contribution is -0.132. The Balaban J connectivity index is 1.50. The molecule has 4 atom stereocenters. The molecule has 0 radical (unpaired) electrons. The van der Waals surface area contributed by atoms with E-state index in [0.29, 0.717) is 30.0 Å². The molecule has 0 saturated heterocycles. The number of fused-ring (bicyclic) bond motifs is 6. The van der Waals surface area contributed by atoms with E-state index >= 15 is 0 Å². The summed E-state index contributed by atoms with van der Waals surface area (Å²) in [6.07, 6.45) is 14.1. The Labute approximate surface area is 190 Å². The highest BCUT2D eigenvalue weighted by molar-refractivity contribution is 5.81. The van der Waals surface area contributed by atoms with Crippen molar-refractivity contribution in [2.45, 2.75) is 83.0 Å². The average molecular weight is 432 g/mol. The maximum absolute atomic E-state index is 12.5. The number of ketones is 1. The van der Waals surface area contributed by atoms with Gasteiger partial charge in [0.15, 0.2) is 0 Å². The first-order valence-corrected chi connectivity index (χ1v) is 12.4. The fourth-order valence-electron chi connectivity index (χ4n) is 6.75. The first-order chi connectivity index (χ1) is 15.6. The van der Waals surface area contributed by atoms with E-state index < -0.39 is 0 Å². The van der Waals surface area contributed by atoms with Gasteiger partial charge in [-0.05, 0) is 91.0 Å². The number of carbonyl (C=O) groups excluding carboxylic acids is 2. The Kier molecular flexibility index (Phi) is 6.12. The predicted molar refractivity (Wildman–Crippen MR) is 124 cm³/mol. The van der Waals surface area contributed by atoms with Crippen molar-refractivity contribution >= 4 is 11.8 Å². The lowest BCUT2D eigenvalue weighted by atomic mass is 9.55. The SMILES string of the molecule is CC(=O)Oc1cc(CCCc2cccnc2)cc2c1[C@@H]1CC(=O)CC[C@H]1[C@@H]1CCCC[C@@H]21. The Bertz CT molecular complexity index is 999. The molecule has 168 valence electrons. The van der Waals surface area contributed by atoms with Crippen molar-refractivity contribution in [2.75, 3.05) is 0 Å². The van der Waals surface area contributed by atoms with Crippen LogP contribution in [-0.2, 0) is 22.4 Å². The summed E-state index contributed by atoms with van der Waals surface area (Å²) in [6, 6.07) is 8.59. The van der Waals surface area contributed by atoms with Crippen LogP contribution in [0, 0.1) is 11.8 Å². The van der Waals surface area contributed by atoms with Gasteiger partial charge < -0.3 is 4.74 Å². The number of Topliss-reactive ketones (excluding diaryl/α,β-unsaturated/α-hetero) is 1. The van der Waals surface area contributed by atoms with Crippen molar-refractivity contribution in [3.63, 3.8) is 0 Å². The van der Waals surface area contributed by atoms with E-state index in [0.717, 1.165) is 37.9 Å². The molecule has 0 spiro atoms. The van der Waals surface area contributed by atoms with Gasteiger partial charge in [-0.25, -0.2) is 0 Å². The molecule has 1 aromatic heterocycles. The molecule has 0 N–H and O–H groups in total. The number of hydrogen-bond acceptors (Lipinski definition) is 4. The van der Waals surface area contributed by atoms with Crippen molar-refractivity contribution < 1.29 is 14.3 Å². The highest BCUT2D eigenvalue weighted by atomic mass is 16.5. The number of nitrogens with zero attached hydrogens (tertiary/aromatic N) is 1. The minimum absolute atomic E-state index is 0.212. The minimum Gasteiger partial charge on any atom is -0.426 e. The monoisotopic (exact) mass is 431 g/mol. The zero-order valence-electron chi connectivity index (χ0n) is 19.0. The number of benzene rings is 1. The molecule has 1 heterocycles. The van der Waals surface area contributed by atoms with Crippen LogP contribution in [0.1, 0.15) is 92.4 Å². The number of aromatic nitrogens is 1. The van der Waals surface area contributed by atoms with E-state index in [1.54, 1.807) is 0 Å². The summed E-state index contributed by atoms with van der Waals surface area (Å²) in [5.41, 5.74) is 5.05. The molecule has 2 saturated carbocycles. The molecule has 0 aliphatic heterocycles. The van der Waals surface area contributed by atoms with Crippen LogP contribution in [0.3, 0.4) is 0 Å². The summed E-state index contributed by atoms with van der Waals surface area (Å²) in [5, 5.41) is 0. The minimum atomic E-state index is -0.274. The Morgan fingerprint density at radius 3 is 2.69 bits per heavy atom. The van der Waals surface area contributed by atoms with Crippen molar-refractivity contribution in [1.82, 2.24) is 4.98 Å². The van der Waals surface area contributed by atoms with E-state index in [1.807, 2.05) is 18.5 Å². The number of aryl methyl sites for hydroxylation is 2. The molecule has 4 nitrogen and oxygen atoms in total. The zero-order valence-corrected chi connectivity index (χ0v) is 19.0. The van der Waals surface area contributed by atoms with Crippen LogP contribution in [-0.4, -0.2) is 16.7 Å². The van der Waals surface area contributed by atoms with Crippen molar-refractivity contribution in [2.24, 2.45) is 11.8 Å². The first-order valence-electron chi connectivity index (χ1n) is 12.4. The van der Waals surface area contributed by atoms with Gasteiger partial charge in [-0.2, -0.15) is 0 Å². The number of rotatable bonds is 5. The topological polar surface area (TPSA) is 56.3 Å². The Hall–Kier alpha value is -2.49. The third-order valence-electron chi connectivity index (χ3n) is 8.00. The summed E-state index contributed by atoms with van der Waals surface area (Å²) < 4.78 is 5.82. The number of ether oxygens (including phenoxy) is 1. The van der Waals surface area contributed by atoms with Gasteiger partial charge in [-0.15, -0.1) is 0 Å². The molecule has 0 bridgehead atoms. The average Bonchev–Trinajstić information content (AvgIpc) is 2.79. The third-order valence-corrected chi connectivity index (χ3v) is 8.00. The van der Waals surface area contributed by atoms with Crippen molar-refractivity contribution in [3.8, 4) is 5.75 Å². The molecular weight excluding hydrogens is 398 g/mol. The van der Waals surface area contributed by atoms with Crippen LogP contribution >= 0.6 is 0 Å². The van der Waals surface area contributed by atoms with Crippen LogP contribution in [0.15, 0.2) is 36.7 Å². The second-order valence-corrected chi connectivity index (χ2v) is 10.0. The normalized spacial score (nSPS) is 26.6. The molecule has 4 heteroatoms. The van der Waals surface area contributed by atoms with E-state index in [4.69, 9.17) is 4.74 Å². The summed E-state index contributed by atoms with van der Waals surface area (Å²) in [7, 11) is 0. The van der Waals surface area contributed by atoms with Gasteiger partial charge in [0, 0.05) is 37.7 Å². The van der Waals surface area contributed by atoms with Crippen LogP contribution in [0.2, 0.25) is 0 Å². The molecule has 2 aromatic rings. The number of hydrogen-bond donors (Lipinski definition) is 0. The van der Waals surface area contributed by atoms with Gasteiger partial charge in [0.05, 0.1) is 0 Å². The van der Waals surface area contributed by atoms with Crippen LogP contribution in [0.4, 0.5) is 0 Å². The lowest BCUT2D eigenvalue weighted by Gasteiger charge is -2.49. The first kappa shape index (κ1) is 21.4. The van der Waals surface area contributed by atoms with E-state index in [1.165, 1.54) is 54.9 Å². The van der Waals surface area contributed by atoms with Gasteiger partial charge in [-0.3, -0.25) is 14.6 Å². The van der Waals surface area contributed by atoms with Crippen LogP contribution in [0.25, 0.3) is 0 Å². The largest absolute Gasteiger partial charge is 0.426 e. The summed E-state index contributed by atoms with van der Waals surface area (Å²) in [4.78, 5) is 28.7. The maximum Gasteiger partial charge on any atom is 0.308 e. The molecule has 2 fully saturated rings. The molecular formula is C28H33NO3. The molecule has 5 rings (SSSR count). The standard InChI is InChI=1S/C28H33NO3/c1-18(30)32-27-15-20(7-4-6-19-8-5-13-29-17-19)14-25-23-10-3-2-9-22(23)24-12-11-21(31)16-26(24)28(25)27/h5,8,13-15,17,22-24,26H,2-4,6-7,9-12,16H2,1H3/t22-,23-,24+,26-/m1/s1. The predicted octanol–water partition coefficient (Wildman–Crippen LogP) is 5.92. The van der Waals surface area contributed by atoms with Crippen molar-refractivity contribution in [3.05, 3.63) is 58.9 Å². The summed E-state index contributed by atoms with van der Waals surface area (Å²) >= 11 is 0. The highest BCUT2D eigenvalue weighted by Crippen LogP contribution is 2.58. The third kappa shape index (κ3) is 4.24. The Morgan fingerprint density at radius 1 is 1.06 bits per heavy atom. The van der Waals surface area contributed by atoms with E-state index in [9.17, 15) is 9.59 Å². The molecule has 32 heavy (non-hydrogen) atoms. The smallest absolute Gasteiger partial charge is 0.308 e. The van der Waals surface area contributed by atoms with Crippen LogP contribution < -0.4 is 4.74 Å². The van der Waals surface area contributed by atoms with E-state index in [2.05, 4.69) is 23.2 Å². The highest BCUT2D eigenvalue weighted by Gasteiger charge is 2.47. The summed E-state index contributed by atoms with van der Waals surface area (Å²) in [5.74, 6) is 2.79. The molecule has 0 amide bonds. The number of esters is 1. The Morgan fingerprint density at radius 2 is 1.88 bits per heavy atom. The van der Waals surface area contributed by atoms with Gasteiger partial charge in [0.1, 0.15) is 11.5 Å². The fourth-order valence-corrected chi connectivity index (χ4v) is 6.75. The second kappa shape index (κ2) is 9.17.